The number of benzene rings is 1. The minimum absolute atomic E-state index is 0.0842. The Kier molecular flexibility index (Phi) is 4.35. The van der Waals surface area contributed by atoms with Gasteiger partial charge in [-0.1, -0.05) is 0 Å². The molecule has 22 heavy (non-hydrogen) atoms. The Labute approximate surface area is 129 Å². The summed E-state index contributed by atoms with van der Waals surface area (Å²) in [5.41, 5.74) is 0.580. The maximum Gasteiger partial charge on any atom is 0.241 e. The number of methoxy groups -OCH3 is 1. The van der Waals surface area contributed by atoms with Gasteiger partial charge in [0.25, 0.3) is 0 Å². The first-order valence-electron chi connectivity index (χ1n) is 7.29. The van der Waals surface area contributed by atoms with Crippen LogP contribution in [0.2, 0.25) is 0 Å². The molecule has 0 aromatic heterocycles. The summed E-state index contributed by atoms with van der Waals surface area (Å²) in [5.74, 6) is 1.69. The van der Waals surface area contributed by atoms with E-state index < -0.39 is 0 Å². The largest absolute Gasteiger partial charge is 0.494 e. The monoisotopic (exact) mass is 308 g/mol. The lowest BCUT2D eigenvalue weighted by Crippen LogP contribution is -2.47. The smallest absolute Gasteiger partial charge is 0.241 e. The van der Waals surface area contributed by atoms with Crippen molar-refractivity contribution in [3.63, 3.8) is 0 Å². The van der Waals surface area contributed by atoms with Crippen LogP contribution in [0.5, 0.6) is 17.2 Å². The lowest BCUT2D eigenvalue weighted by Gasteiger charge is -2.31. The van der Waals surface area contributed by atoms with E-state index in [-0.39, 0.29) is 18.7 Å². The highest BCUT2D eigenvalue weighted by Crippen LogP contribution is 2.40. The maximum atomic E-state index is 12.5. The first kappa shape index (κ1) is 14.9. The quantitative estimate of drug-likeness (QED) is 0.898. The van der Waals surface area contributed by atoms with E-state index in [2.05, 4.69) is 10.2 Å². The zero-order valence-corrected chi connectivity index (χ0v) is 12.8. The average molecular weight is 308 g/mol. The Hall–Kier alpha value is -1.99. The van der Waals surface area contributed by atoms with Gasteiger partial charge in [-0.3, -0.25) is 9.69 Å². The highest BCUT2D eigenvalue weighted by molar-refractivity contribution is 5.96. The van der Waals surface area contributed by atoms with Gasteiger partial charge in [-0.25, -0.2) is 0 Å². The van der Waals surface area contributed by atoms with Crippen LogP contribution in [-0.2, 0) is 9.53 Å². The summed E-state index contributed by atoms with van der Waals surface area (Å²) in [7, 11) is 1.55. The van der Waals surface area contributed by atoms with Gasteiger partial charge in [0.05, 0.1) is 32.1 Å². The molecule has 0 spiro atoms. The van der Waals surface area contributed by atoms with E-state index in [9.17, 15) is 4.79 Å². The second-order valence-electron chi connectivity index (χ2n) is 5.22. The molecule has 1 atom stereocenters. The summed E-state index contributed by atoms with van der Waals surface area (Å²) in [4.78, 5) is 14.6. The molecular weight excluding hydrogens is 288 g/mol. The van der Waals surface area contributed by atoms with Gasteiger partial charge in [-0.2, -0.15) is 0 Å². The van der Waals surface area contributed by atoms with Crippen molar-refractivity contribution >= 4 is 11.6 Å². The molecule has 3 rings (SSSR count). The van der Waals surface area contributed by atoms with E-state index in [1.807, 2.05) is 6.92 Å². The van der Waals surface area contributed by atoms with E-state index in [0.29, 0.717) is 36.1 Å². The van der Waals surface area contributed by atoms with Crippen LogP contribution < -0.4 is 19.5 Å². The molecule has 1 aromatic rings. The highest BCUT2D eigenvalue weighted by Gasteiger charge is 2.25. The lowest BCUT2D eigenvalue weighted by atomic mass is 10.2. The van der Waals surface area contributed by atoms with Gasteiger partial charge in [-0.05, 0) is 6.92 Å². The minimum Gasteiger partial charge on any atom is -0.494 e. The topological polar surface area (TPSA) is 69.3 Å². The molecule has 2 aliphatic rings. The van der Waals surface area contributed by atoms with Crippen molar-refractivity contribution in [3.8, 4) is 17.2 Å². The SMILES string of the molecule is COc1cc2c(cc1NC(=O)C(C)N1CCOCC1)OCO2. The number of nitrogens with one attached hydrogen (secondary N) is 1. The molecule has 7 nitrogen and oxygen atoms in total. The summed E-state index contributed by atoms with van der Waals surface area (Å²) in [6, 6.07) is 3.21. The molecule has 0 bridgehead atoms. The van der Waals surface area contributed by atoms with Crippen LogP contribution in [0.15, 0.2) is 12.1 Å². The Bertz CT molecular complexity index is 557. The zero-order chi connectivity index (χ0) is 15.5. The molecule has 1 saturated heterocycles. The number of hydrogen-bond acceptors (Lipinski definition) is 6. The standard InChI is InChI=1S/C15H20N2O5/c1-10(17-3-5-20-6-4-17)15(18)16-11-7-13-14(22-9-21-13)8-12(11)19-2/h7-8,10H,3-6,9H2,1-2H3,(H,16,18). The molecule has 2 aliphatic heterocycles. The van der Waals surface area contributed by atoms with Gasteiger partial charge < -0.3 is 24.3 Å². The van der Waals surface area contributed by atoms with Crippen LogP contribution in [0.4, 0.5) is 5.69 Å². The number of nitrogens with zero attached hydrogens (tertiary/aromatic N) is 1. The third-order valence-electron chi connectivity index (χ3n) is 3.93. The number of morpholine rings is 1. The van der Waals surface area contributed by atoms with Crippen LogP contribution in [0.25, 0.3) is 0 Å². The Morgan fingerprint density at radius 2 is 1.95 bits per heavy atom. The summed E-state index contributed by atoms with van der Waals surface area (Å²) < 4.78 is 21.3. The second-order valence-corrected chi connectivity index (χ2v) is 5.22. The molecule has 2 heterocycles. The Morgan fingerprint density at radius 3 is 2.64 bits per heavy atom. The number of carbonyl (C=O) groups is 1. The zero-order valence-electron chi connectivity index (χ0n) is 12.8. The molecular formula is C15H20N2O5. The van der Waals surface area contributed by atoms with E-state index in [4.69, 9.17) is 18.9 Å². The number of rotatable bonds is 4. The average Bonchev–Trinajstić information content (AvgIpc) is 3.01. The van der Waals surface area contributed by atoms with Gasteiger partial charge in [-0.15, -0.1) is 0 Å². The number of carbonyl (C=O) groups excluding carboxylic acids is 1. The van der Waals surface area contributed by atoms with Crippen molar-refractivity contribution < 1.29 is 23.7 Å². The van der Waals surface area contributed by atoms with Gasteiger partial charge >= 0.3 is 0 Å². The van der Waals surface area contributed by atoms with Crippen LogP contribution in [0.3, 0.4) is 0 Å². The fraction of sp³-hybridized carbons (Fsp3) is 0.533. The number of ether oxygens (including phenoxy) is 4. The molecule has 1 N–H and O–H groups in total. The molecule has 120 valence electrons. The van der Waals surface area contributed by atoms with Crippen molar-refractivity contribution in [2.75, 3.05) is 45.5 Å². The maximum absolute atomic E-state index is 12.5. The summed E-state index contributed by atoms with van der Waals surface area (Å²) >= 11 is 0. The molecule has 1 aromatic carbocycles. The van der Waals surface area contributed by atoms with E-state index in [1.54, 1.807) is 19.2 Å². The van der Waals surface area contributed by atoms with E-state index in [0.717, 1.165) is 13.1 Å². The number of hydrogen-bond donors (Lipinski definition) is 1. The first-order valence-corrected chi connectivity index (χ1v) is 7.29. The van der Waals surface area contributed by atoms with Crippen LogP contribution in [0, 0.1) is 0 Å². The normalized spacial score (nSPS) is 18.8. The molecule has 1 unspecified atom stereocenters. The molecule has 0 saturated carbocycles. The van der Waals surface area contributed by atoms with Crippen molar-refractivity contribution in [2.24, 2.45) is 0 Å². The Balaban J connectivity index is 1.73. The predicted molar refractivity (Wildman–Crippen MR) is 79.6 cm³/mol. The van der Waals surface area contributed by atoms with Gasteiger partial charge in [0.1, 0.15) is 5.75 Å². The van der Waals surface area contributed by atoms with Gasteiger partial charge in [0, 0.05) is 25.2 Å². The molecule has 1 amide bonds. The molecule has 0 radical (unpaired) electrons. The number of amides is 1. The second kappa shape index (κ2) is 6.41. The molecule has 0 aliphatic carbocycles. The summed E-state index contributed by atoms with van der Waals surface area (Å²) in [5, 5.41) is 2.91. The van der Waals surface area contributed by atoms with E-state index in [1.165, 1.54) is 0 Å². The van der Waals surface area contributed by atoms with Gasteiger partial charge in [0.15, 0.2) is 11.5 Å². The van der Waals surface area contributed by atoms with Crippen molar-refractivity contribution in [2.45, 2.75) is 13.0 Å². The lowest BCUT2D eigenvalue weighted by molar-refractivity contribution is -0.122. The fourth-order valence-electron chi connectivity index (χ4n) is 2.56. The molecule has 7 heteroatoms. The summed E-state index contributed by atoms with van der Waals surface area (Å²) in [6.07, 6.45) is 0. The highest BCUT2D eigenvalue weighted by atomic mass is 16.7. The fourth-order valence-corrected chi connectivity index (χ4v) is 2.56. The Morgan fingerprint density at radius 1 is 1.27 bits per heavy atom. The van der Waals surface area contributed by atoms with Crippen molar-refractivity contribution in [3.05, 3.63) is 12.1 Å². The summed E-state index contributed by atoms with van der Waals surface area (Å²) in [6.45, 7) is 4.90. The molecule has 1 fully saturated rings. The first-order chi connectivity index (χ1) is 10.7. The number of fused-ring (bicyclic) bond motifs is 1. The van der Waals surface area contributed by atoms with Crippen LogP contribution in [0.1, 0.15) is 6.92 Å². The predicted octanol–water partition coefficient (Wildman–Crippen LogP) is 1.08. The van der Waals surface area contributed by atoms with E-state index >= 15 is 0 Å². The third-order valence-corrected chi connectivity index (χ3v) is 3.93. The van der Waals surface area contributed by atoms with Crippen LogP contribution >= 0.6 is 0 Å². The minimum atomic E-state index is -0.237. The van der Waals surface area contributed by atoms with Crippen molar-refractivity contribution in [1.82, 2.24) is 4.90 Å². The van der Waals surface area contributed by atoms with Crippen molar-refractivity contribution in [1.29, 1.82) is 0 Å². The van der Waals surface area contributed by atoms with Gasteiger partial charge in [0.2, 0.25) is 12.7 Å². The number of anilines is 1. The van der Waals surface area contributed by atoms with Crippen LogP contribution in [-0.4, -0.2) is 57.1 Å². The third kappa shape index (κ3) is 2.95.